The van der Waals surface area contributed by atoms with Gasteiger partial charge in [0.2, 0.25) is 0 Å². The van der Waals surface area contributed by atoms with E-state index in [0.717, 1.165) is 5.39 Å². The zero-order valence-electron chi connectivity index (χ0n) is 11.6. The lowest BCUT2D eigenvalue weighted by Gasteiger charge is -2.09. The van der Waals surface area contributed by atoms with Crippen LogP contribution in [0.15, 0.2) is 36.7 Å². The number of halogens is 1. The number of nitrogens with one attached hydrogen (secondary N) is 1. The van der Waals surface area contributed by atoms with Crippen LogP contribution in [0.25, 0.3) is 10.9 Å². The second-order valence-electron chi connectivity index (χ2n) is 4.45. The van der Waals surface area contributed by atoms with Gasteiger partial charge >= 0.3 is 0 Å². The summed E-state index contributed by atoms with van der Waals surface area (Å²) in [5, 5.41) is 12.5. The van der Waals surface area contributed by atoms with E-state index in [1.807, 2.05) is 0 Å². The van der Waals surface area contributed by atoms with Crippen molar-refractivity contribution in [1.82, 2.24) is 9.97 Å². The zero-order chi connectivity index (χ0) is 15.5. The summed E-state index contributed by atoms with van der Waals surface area (Å²) in [6.07, 6.45) is 1.41. The van der Waals surface area contributed by atoms with Crippen molar-refractivity contribution in [3.05, 3.63) is 54.1 Å². The number of benzene rings is 2. The van der Waals surface area contributed by atoms with Crippen LogP contribution in [0.4, 0.5) is 15.9 Å². The number of hydrogen-bond donors (Lipinski definition) is 1. The molecule has 0 saturated heterocycles. The Morgan fingerprint density at radius 2 is 2.18 bits per heavy atom. The topological polar surface area (TPSA) is 70.8 Å². The molecule has 107 valence electrons. The minimum Gasteiger partial charge on any atom is -0.496 e. The quantitative estimate of drug-likeness (QED) is 0.803. The minimum absolute atomic E-state index is 0.00355. The van der Waals surface area contributed by atoms with Crippen molar-refractivity contribution in [2.24, 2.45) is 0 Å². The summed E-state index contributed by atoms with van der Waals surface area (Å²) in [5.74, 6) is 0.508. The summed E-state index contributed by atoms with van der Waals surface area (Å²) < 4.78 is 18.8. The summed E-state index contributed by atoms with van der Waals surface area (Å²) in [6.45, 7) is 0. The van der Waals surface area contributed by atoms with Gasteiger partial charge < -0.3 is 10.1 Å². The number of hydrogen-bond acceptors (Lipinski definition) is 5. The molecule has 0 aliphatic carbocycles. The second-order valence-corrected chi connectivity index (χ2v) is 4.45. The van der Waals surface area contributed by atoms with E-state index < -0.39 is 5.82 Å². The average molecular weight is 293 g/mol. The van der Waals surface area contributed by atoms with Crippen LogP contribution in [0.3, 0.4) is 0 Å². The van der Waals surface area contributed by atoms with Crippen LogP contribution in [0.2, 0.25) is 0 Å². The maximum absolute atomic E-state index is 13.6. The number of fused-ring (bicyclic) bond motifs is 1. The Kier molecular flexibility index (Phi) is 3.54. The Morgan fingerprint density at radius 3 is 2.91 bits per heavy atom. The van der Waals surface area contributed by atoms with Gasteiger partial charge in [-0.2, -0.15) is 5.26 Å². The molecule has 3 aromatic rings. The molecule has 1 heterocycles. The Balaban J connectivity index is 2.00. The highest BCUT2D eigenvalue weighted by molar-refractivity contribution is 5.91. The van der Waals surface area contributed by atoms with E-state index >= 15 is 0 Å². The molecule has 0 aliphatic heterocycles. The fourth-order valence-electron chi connectivity index (χ4n) is 2.01. The number of methoxy groups -OCH3 is 1. The smallest absolute Gasteiger partial charge is 0.143 e. The molecule has 1 radical (unpaired) electrons. The van der Waals surface area contributed by atoms with Crippen molar-refractivity contribution in [3.63, 3.8) is 0 Å². The van der Waals surface area contributed by atoms with Crippen LogP contribution in [0.1, 0.15) is 5.56 Å². The molecule has 0 spiro atoms. The summed E-state index contributed by atoms with van der Waals surface area (Å²) in [7, 11) is 1.55. The first-order chi connectivity index (χ1) is 10.7. The molecule has 0 bridgehead atoms. The van der Waals surface area contributed by atoms with E-state index in [1.165, 1.54) is 18.5 Å². The van der Waals surface area contributed by atoms with Crippen LogP contribution in [0, 0.1) is 23.2 Å². The van der Waals surface area contributed by atoms with Crippen molar-refractivity contribution in [2.45, 2.75) is 0 Å². The first-order valence-corrected chi connectivity index (χ1v) is 6.38. The van der Waals surface area contributed by atoms with Gasteiger partial charge in [0.25, 0.3) is 0 Å². The molecule has 1 N–H and O–H groups in total. The molecular weight excluding hydrogens is 283 g/mol. The number of nitriles is 1. The SMILES string of the molecule is COc1[c]cc2c(Nc3ccc(C#N)c(F)c3)ncnc2c1. The van der Waals surface area contributed by atoms with Gasteiger partial charge in [-0.25, -0.2) is 14.4 Å². The standard InChI is InChI=1S/C16H10FN4O/c1-22-12-4-5-13-15(7-12)19-9-20-16(13)21-11-3-2-10(8-18)14(17)6-11/h2-3,5-7,9H,1H3,(H,19,20,21). The van der Waals surface area contributed by atoms with Crippen molar-refractivity contribution in [3.8, 4) is 11.8 Å². The van der Waals surface area contributed by atoms with Crippen LogP contribution in [-0.4, -0.2) is 17.1 Å². The lowest BCUT2D eigenvalue weighted by Crippen LogP contribution is -1.97. The van der Waals surface area contributed by atoms with E-state index in [9.17, 15) is 4.39 Å². The van der Waals surface area contributed by atoms with Crippen LogP contribution >= 0.6 is 0 Å². The number of aromatic nitrogens is 2. The maximum Gasteiger partial charge on any atom is 0.143 e. The monoisotopic (exact) mass is 293 g/mol. The third-order valence-corrected chi connectivity index (χ3v) is 3.11. The Bertz CT molecular complexity index is 889. The van der Waals surface area contributed by atoms with E-state index in [2.05, 4.69) is 21.4 Å². The molecule has 0 saturated carbocycles. The average Bonchev–Trinajstić information content (AvgIpc) is 2.55. The number of ether oxygens (including phenoxy) is 1. The Hall–Kier alpha value is -3.20. The third kappa shape index (κ3) is 2.52. The predicted molar refractivity (Wildman–Crippen MR) is 79.3 cm³/mol. The van der Waals surface area contributed by atoms with Gasteiger partial charge in [0.05, 0.1) is 18.2 Å². The molecule has 6 heteroatoms. The largest absolute Gasteiger partial charge is 0.496 e. The molecule has 0 amide bonds. The lowest BCUT2D eigenvalue weighted by atomic mass is 10.2. The van der Waals surface area contributed by atoms with E-state index in [1.54, 1.807) is 31.4 Å². The van der Waals surface area contributed by atoms with Gasteiger partial charge in [0.15, 0.2) is 0 Å². The summed E-state index contributed by atoms with van der Waals surface area (Å²) in [4.78, 5) is 8.33. The molecule has 0 fully saturated rings. The fourth-order valence-corrected chi connectivity index (χ4v) is 2.01. The van der Waals surface area contributed by atoms with Crippen molar-refractivity contribution < 1.29 is 9.13 Å². The highest BCUT2D eigenvalue weighted by atomic mass is 19.1. The van der Waals surface area contributed by atoms with Gasteiger partial charge in [-0.3, -0.25) is 0 Å². The molecule has 5 nitrogen and oxygen atoms in total. The van der Waals surface area contributed by atoms with Gasteiger partial charge in [-0.05, 0) is 24.3 Å². The Labute approximate surface area is 126 Å². The van der Waals surface area contributed by atoms with E-state index in [4.69, 9.17) is 10.00 Å². The molecule has 2 aromatic carbocycles. The molecule has 0 atom stereocenters. The second kappa shape index (κ2) is 5.66. The van der Waals surface area contributed by atoms with E-state index in [-0.39, 0.29) is 5.56 Å². The number of nitrogens with zero attached hydrogens (tertiary/aromatic N) is 3. The first kappa shape index (κ1) is 13.8. The van der Waals surface area contributed by atoms with E-state index in [0.29, 0.717) is 22.8 Å². The van der Waals surface area contributed by atoms with Crippen molar-refractivity contribution >= 4 is 22.4 Å². The molecule has 3 rings (SSSR count). The van der Waals surface area contributed by atoms with Crippen molar-refractivity contribution in [2.75, 3.05) is 12.4 Å². The number of anilines is 2. The third-order valence-electron chi connectivity index (χ3n) is 3.11. The highest BCUT2D eigenvalue weighted by Crippen LogP contribution is 2.26. The first-order valence-electron chi connectivity index (χ1n) is 6.38. The Morgan fingerprint density at radius 1 is 1.32 bits per heavy atom. The van der Waals surface area contributed by atoms with Gasteiger partial charge in [0, 0.05) is 23.2 Å². The van der Waals surface area contributed by atoms with Gasteiger partial charge in [0.1, 0.15) is 29.8 Å². The van der Waals surface area contributed by atoms with Gasteiger partial charge in [-0.15, -0.1) is 0 Å². The lowest BCUT2D eigenvalue weighted by molar-refractivity contribution is 0.414. The number of rotatable bonds is 3. The maximum atomic E-state index is 13.6. The minimum atomic E-state index is -0.584. The molecule has 22 heavy (non-hydrogen) atoms. The van der Waals surface area contributed by atoms with Crippen molar-refractivity contribution in [1.29, 1.82) is 5.26 Å². The molecular formula is C16H10FN4O. The van der Waals surface area contributed by atoms with Crippen LogP contribution < -0.4 is 10.1 Å². The van der Waals surface area contributed by atoms with Gasteiger partial charge in [-0.1, -0.05) is 0 Å². The summed E-state index contributed by atoms with van der Waals surface area (Å²) in [5.41, 5.74) is 1.17. The van der Waals surface area contributed by atoms with Crippen LogP contribution in [-0.2, 0) is 0 Å². The highest BCUT2D eigenvalue weighted by Gasteiger charge is 2.07. The van der Waals surface area contributed by atoms with Crippen LogP contribution in [0.5, 0.6) is 5.75 Å². The fraction of sp³-hybridized carbons (Fsp3) is 0.0625. The molecule has 0 unspecified atom stereocenters. The predicted octanol–water partition coefficient (Wildman–Crippen LogP) is 3.19. The summed E-state index contributed by atoms with van der Waals surface area (Å²) in [6, 6.07) is 12.5. The zero-order valence-corrected chi connectivity index (χ0v) is 11.6. The molecule has 1 aromatic heterocycles. The normalized spacial score (nSPS) is 10.2. The summed E-state index contributed by atoms with van der Waals surface area (Å²) >= 11 is 0. The molecule has 0 aliphatic rings.